The average molecular weight is 293 g/mol. The minimum Gasteiger partial charge on any atom is -0.402 e. The molecule has 0 aromatic heterocycles. The normalized spacial score (nSPS) is 11.6. The second-order valence-corrected chi connectivity index (χ2v) is 5.33. The zero-order chi connectivity index (χ0) is 12.3. The van der Waals surface area contributed by atoms with Gasteiger partial charge >= 0.3 is 7.82 Å². The Morgan fingerprint density at radius 3 is 2.29 bits per heavy atom. The maximum atomic E-state index is 11.6. The highest BCUT2D eigenvalue weighted by Gasteiger charge is 2.29. The van der Waals surface area contributed by atoms with Gasteiger partial charge in [0.15, 0.2) is 0 Å². The van der Waals surface area contributed by atoms with Gasteiger partial charge < -0.3 is 4.52 Å². The number of benzene rings is 2. The van der Waals surface area contributed by atoms with Gasteiger partial charge in [-0.15, -0.1) is 0 Å². The van der Waals surface area contributed by atoms with Crippen molar-refractivity contribution in [3.8, 4) is 5.75 Å². The fourth-order valence-electron chi connectivity index (χ4n) is 1.43. The maximum Gasteiger partial charge on any atom is 0.563 e. The molecular weight excluding hydrogens is 286 g/mol. The van der Waals surface area contributed by atoms with E-state index in [0.29, 0.717) is 5.75 Å². The maximum absolute atomic E-state index is 11.6. The van der Waals surface area contributed by atoms with E-state index in [-0.39, 0.29) is 0 Å². The van der Waals surface area contributed by atoms with Crippen LogP contribution >= 0.6 is 31.6 Å². The van der Waals surface area contributed by atoms with Crippen molar-refractivity contribution in [1.82, 2.24) is 0 Å². The van der Waals surface area contributed by atoms with Gasteiger partial charge in [-0.05, 0) is 11.5 Å². The number of hydrogen-bond acceptors (Lipinski definition) is 4. The van der Waals surface area contributed by atoms with Crippen LogP contribution in [0.25, 0.3) is 10.8 Å². The Hall–Kier alpha value is -0.770. The molecule has 2 aromatic carbocycles. The van der Waals surface area contributed by atoms with E-state index in [1.807, 2.05) is 24.3 Å². The summed E-state index contributed by atoms with van der Waals surface area (Å²) in [5, 5.41) is 1.67. The van der Waals surface area contributed by atoms with Crippen molar-refractivity contribution in [3.63, 3.8) is 0 Å². The largest absolute Gasteiger partial charge is 0.563 e. The summed E-state index contributed by atoms with van der Waals surface area (Å²) < 4.78 is 24.9. The molecule has 0 aliphatic carbocycles. The first kappa shape index (κ1) is 12.7. The minimum atomic E-state index is -3.98. The second-order valence-electron chi connectivity index (χ2n) is 3.15. The quantitative estimate of drug-likeness (QED) is 0.768. The molecule has 0 radical (unpaired) electrons. The molecule has 4 nitrogen and oxygen atoms in total. The standard InChI is InChI=1S/C10H7Cl2O4P/c11-15-17(13,16-12)14-10-7-3-5-8-4-1-2-6-9(8)10/h1-7H. The van der Waals surface area contributed by atoms with Crippen LogP contribution in [0, 0.1) is 0 Å². The van der Waals surface area contributed by atoms with Crippen molar-refractivity contribution < 1.29 is 17.2 Å². The lowest BCUT2D eigenvalue weighted by Crippen LogP contribution is -1.93. The second kappa shape index (κ2) is 5.25. The third kappa shape index (κ3) is 2.73. The van der Waals surface area contributed by atoms with Gasteiger partial charge in [-0.1, -0.05) is 36.4 Å². The van der Waals surface area contributed by atoms with E-state index < -0.39 is 7.82 Å². The molecule has 0 N–H and O–H groups in total. The first-order chi connectivity index (χ1) is 8.18. The zero-order valence-corrected chi connectivity index (χ0v) is 10.8. The van der Waals surface area contributed by atoms with Crippen LogP contribution in [0.5, 0.6) is 5.75 Å². The van der Waals surface area contributed by atoms with Crippen LogP contribution in [0.1, 0.15) is 0 Å². The Morgan fingerprint density at radius 1 is 0.941 bits per heavy atom. The molecule has 2 rings (SSSR count). The number of rotatable bonds is 4. The van der Waals surface area contributed by atoms with Crippen molar-refractivity contribution in [3.05, 3.63) is 42.5 Å². The zero-order valence-electron chi connectivity index (χ0n) is 8.38. The molecule has 2 aromatic rings. The van der Waals surface area contributed by atoms with E-state index >= 15 is 0 Å². The molecule has 7 heteroatoms. The molecule has 0 heterocycles. The van der Waals surface area contributed by atoms with E-state index in [1.54, 1.807) is 18.2 Å². The third-order valence-electron chi connectivity index (χ3n) is 2.13. The summed E-state index contributed by atoms with van der Waals surface area (Å²) in [7, 11) is -3.98. The van der Waals surface area contributed by atoms with E-state index in [1.165, 1.54) is 0 Å². The van der Waals surface area contributed by atoms with Crippen LogP contribution in [-0.2, 0) is 12.7 Å². The molecule has 0 spiro atoms. The number of hydrogen-bond donors (Lipinski definition) is 0. The Kier molecular flexibility index (Phi) is 3.92. The summed E-state index contributed by atoms with van der Waals surface area (Å²) in [5.74, 6) is 0.313. The highest BCUT2D eigenvalue weighted by molar-refractivity contribution is 7.50. The SMILES string of the molecule is O=P(OCl)(OCl)Oc1cccc2ccccc12. The summed E-state index contributed by atoms with van der Waals surface area (Å²) in [5.41, 5.74) is 0. The highest BCUT2D eigenvalue weighted by atomic mass is 35.5. The molecule has 0 aliphatic rings. The Morgan fingerprint density at radius 2 is 1.59 bits per heavy atom. The first-order valence-corrected chi connectivity index (χ1v) is 6.64. The van der Waals surface area contributed by atoms with Gasteiger partial charge in [0.05, 0.1) is 23.7 Å². The molecule has 0 atom stereocenters. The molecule has 0 amide bonds. The highest BCUT2D eigenvalue weighted by Crippen LogP contribution is 2.52. The molecule has 0 aliphatic heterocycles. The van der Waals surface area contributed by atoms with Crippen LogP contribution < -0.4 is 4.52 Å². The average Bonchev–Trinajstić information content (AvgIpc) is 2.39. The van der Waals surface area contributed by atoms with Crippen molar-refractivity contribution >= 4 is 42.3 Å². The van der Waals surface area contributed by atoms with Crippen LogP contribution in [0.3, 0.4) is 0 Å². The summed E-state index contributed by atoms with van der Waals surface area (Å²) >= 11 is 10.0. The molecule has 0 bridgehead atoms. The van der Waals surface area contributed by atoms with Gasteiger partial charge in [0.25, 0.3) is 0 Å². The summed E-state index contributed by atoms with van der Waals surface area (Å²) in [4.78, 5) is 0. The molecule has 90 valence electrons. The Bertz CT molecular complexity index is 562. The van der Waals surface area contributed by atoms with Crippen molar-refractivity contribution in [1.29, 1.82) is 0 Å². The predicted molar refractivity (Wildman–Crippen MR) is 66.1 cm³/mol. The molecule has 0 fully saturated rings. The summed E-state index contributed by atoms with van der Waals surface area (Å²) in [6.07, 6.45) is 0. The number of fused-ring (bicyclic) bond motifs is 1. The van der Waals surface area contributed by atoms with Crippen LogP contribution in [0.2, 0.25) is 0 Å². The van der Waals surface area contributed by atoms with E-state index in [9.17, 15) is 4.57 Å². The number of halogens is 2. The van der Waals surface area contributed by atoms with Crippen LogP contribution in [0.15, 0.2) is 42.5 Å². The molecule has 0 unspecified atom stereocenters. The van der Waals surface area contributed by atoms with Gasteiger partial charge in [0.1, 0.15) is 5.75 Å². The Labute approximate surface area is 108 Å². The first-order valence-electron chi connectivity index (χ1n) is 4.56. The van der Waals surface area contributed by atoms with Gasteiger partial charge in [0, 0.05) is 5.39 Å². The monoisotopic (exact) mass is 292 g/mol. The molecule has 0 saturated carbocycles. The van der Waals surface area contributed by atoms with Crippen LogP contribution in [-0.4, -0.2) is 0 Å². The van der Waals surface area contributed by atoms with Crippen molar-refractivity contribution in [2.75, 3.05) is 0 Å². The lowest BCUT2D eigenvalue weighted by atomic mass is 10.1. The summed E-state index contributed by atoms with van der Waals surface area (Å²) in [6, 6.07) is 12.6. The topological polar surface area (TPSA) is 44.8 Å². The molecule has 0 saturated heterocycles. The lowest BCUT2D eigenvalue weighted by molar-refractivity contribution is 0.319. The van der Waals surface area contributed by atoms with Gasteiger partial charge in [-0.25, -0.2) is 4.57 Å². The van der Waals surface area contributed by atoms with E-state index in [0.717, 1.165) is 10.8 Å². The van der Waals surface area contributed by atoms with Crippen LogP contribution in [0.4, 0.5) is 0 Å². The molecular formula is C10H7Cl2O4P. The third-order valence-corrected chi connectivity index (χ3v) is 3.90. The lowest BCUT2D eigenvalue weighted by Gasteiger charge is -2.12. The van der Waals surface area contributed by atoms with Gasteiger partial charge in [-0.3, -0.25) is 0 Å². The fraction of sp³-hybridized carbons (Fsp3) is 0. The summed E-state index contributed by atoms with van der Waals surface area (Å²) in [6.45, 7) is 0. The van der Waals surface area contributed by atoms with E-state index in [2.05, 4.69) is 8.15 Å². The Balaban J connectivity index is 2.46. The minimum absolute atomic E-state index is 0.313. The van der Waals surface area contributed by atoms with Crippen molar-refractivity contribution in [2.24, 2.45) is 0 Å². The van der Waals surface area contributed by atoms with Crippen molar-refractivity contribution in [2.45, 2.75) is 0 Å². The molecule has 17 heavy (non-hydrogen) atoms. The van der Waals surface area contributed by atoms with E-state index in [4.69, 9.17) is 28.3 Å². The fourth-order valence-corrected chi connectivity index (χ4v) is 2.34. The number of phosphoric acid groups is 1. The predicted octanol–water partition coefficient (Wildman–Crippen LogP) is 4.67. The smallest absolute Gasteiger partial charge is 0.402 e. The van der Waals surface area contributed by atoms with Gasteiger partial charge in [-0.2, -0.15) is 8.15 Å². The van der Waals surface area contributed by atoms with Gasteiger partial charge in [0.2, 0.25) is 0 Å².